The van der Waals surface area contributed by atoms with E-state index in [1.54, 1.807) is 35.2 Å². The minimum Gasteiger partial charge on any atom is -0.468 e. The summed E-state index contributed by atoms with van der Waals surface area (Å²) >= 11 is 0. The third-order valence-corrected chi connectivity index (χ3v) is 6.46. The number of nitrogens with one attached hydrogen (secondary N) is 1. The van der Waals surface area contributed by atoms with Gasteiger partial charge in [0, 0.05) is 42.8 Å². The van der Waals surface area contributed by atoms with E-state index in [1.807, 2.05) is 0 Å². The molecule has 0 aliphatic carbocycles. The number of esters is 1. The summed E-state index contributed by atoms with van der Waals surface area (Å²) < 4.78 is 51.0. The van der Waals surface area contributed by atoms with Crippen molar-refractivity contribution in [2.24, 2.45) is 0 Å². The number of rotatable bonds is 6. The summed E-state index contributed by atoms with van der Waals surface area (Å²) in [6.45, 7) is 0.577. The molecule has 0 radical (unpaired) electrons. The largest absolute Gasteiger partial charge is 0.468 e. The number of hydrogen-bond acceptors (Lipinski definition) is 8. The van der Waals surface area contributed by atoms with E-state index in [9.17, 15) is 27.9 Å². The number of methoxy groups -OCH3 is 1. The zero-order chi connectivity index (χ0) is 28.4. The van der Waals surface area contributed by atoms with E-state index < -0.39 is 35.9 Å². The van der Waals surface area contributed by atoms with E-state index in [1.165, 1.54) is 36.3 Å². The second-order valence-corrected chi connectivity index (χ2v) is 9.22. The highest BCUT2D eigenvalue weighted by Gasteiger charge is 2.37. The van der Waals surface area contributed by atoms with Gasteiger partial charge < -0.3 is 19.9 Å². The fourth-order valence-corrected chi connectivity index (χ4v) is 4.60. The number of carbonyl (C=O) groups is 2. The number of nitrogens with zero attached hydrogens (tertiary/aromatic N) is 4. The summed E-state index contributed by atoms with van der Waals surface area (Å²) in [7, 11) is 1.30. The highest BCUT2D eigenvalue weighted by Crippen LogP contribution is 2.31. The third-order valence-electron chi connectivity index (χ3n) is 6.46. The number of fused-ring (bicyclic) bond motifs is 1. The quantitative estimate of drug-likeness (QED) is 0.336. The van der Waals surface area contributed by atoms with Gasteiger partial charge in [-0.05, 0) is 42.5 Å². The van der Waals surface area contributed by atoms with Crippen molar-refractivity contribution in [3.05, 3.63) is 78.4 Å². The minimum atomic E-state index is -4.52. The van der Waals surface area contributed by atoms with Crippen LogP contribution in [0.5, 0.6) is 11.6 Å². The monoisotopic (exact) mass is 555 g/mol. The predicted molar refractivity (Wildman–Crippen MR) is 137 cm³/mol. The molecule has 1 aliphatic rings. The van der Waals surface area contributed by atoms with Gasteiger partial charge in [0.15, 0.2) is 0 Å². The number of aliphatic hydroxyl groups excluding tert-OH is 1. The molecule has 2 aromatic carbocycles. The number of carbonyl (C=O) groups excluding carboxylic acids is 2. The second kappa shape index (κ2) is 10.9. The van der Waals surface area contributed by atoms with Crippen molar-refractivity contribution in [3.63, 3.8) is 0 Å². The van der Waals surface area contributed by atoms with Gasteiger partial charge in [-0.3, -0.25) is 14.3 Å². The van der Waals surface area contributed by atoms with Gasteiger partial charge in [0.2, 0.25) is 5.88 Å². The van der Waals surface area contributed by atoms with Crippen molar-refractivity contribution in [2.45, 2.75) is 31.3 Å². The fraction of sp³-hybridized carbons (Fsp3) is 0.259. The molecular formula is C27H24F3N5O5. The minimum absolute atomic E-state index is 0.0162. The first-order valence-corrected chi connectivity index (χ1v) is 12.2. The number of aromatic nitrogens is 3. The molecule has 0 unspecified atom stereocenters. The maximum atomic E-state index is 13.0. The molecule has 208 valence electrons. The van der Waals surface area contributed by atoms with Crippen molar-refractivity contribution in [3.8, 4) is 11.6 Å². The number of hydrogen-bond donors (Lipinski definition) is 2. The summed E-state index contributed by atoms with van der Waals surface area (Å²) in [6, 6.07) is 11.5. The van der Waals surface area contributed by atoms with Gasteiger partial charge in [-0.15, -0.1) is 0 Å². The molecule has 0 saturated carbocycles. The zero-order valence-electron chi connectivity index (χ0n) is 21.1. The van der Waals surface area contributed by atoms with Crippen molar-refractivity contribution in [2.75, 3.05) is 19.0 Å². The predicted octanol–water partition coefficient (Wildman–Crippen LogP) is 4.43. The van der Waals surface area contributed by atoms with E-state index >= 15 is 0 Å². The van der Waals surface area contributed by atoms with Gasteiger partial charge in [-0.2, -0.15) is 13.2 Å². The highest BCUT2D eigenvalue weighted by molar-refractivity contribution is 5.98. The smallest absolute Gasteiger partial charge is 0.416 e. The molecule has 1 fully saturated rings. The van der Waals surface area contributed by atoms with Crippen LogP contribution >= 0.6 is 0 Å². The lowest BCUT2D eigenvalue weighted by atomic mass is 10.2. The standard InChI is InChI=1S/C27H24F3N5O5/c1-39-25(37)23-12-20(36)14-34(23)13-19-11-24(32-15-31-19)40-21-5-6-22-16(9-21)7-8-35(22)26(38)33-18-4-2-3-17(10-18)27(28,29)30/h2-11,15,20,23,36H,12-14H2,1H3,(H,33,38)/t20-,23+/m1/s1. The Labute approximate surface area is 226 Å². The average Bonchev–Trinajstić information content (AvgIpc) is 3.51. The molecule has 2 atom stereocenters. The number of ether oxygens (including phenoxy) is 2. The van der Waals surface area contributed by atoms with Crippen LogP contribution in [0.3, 0.4) is 0 Å². The Bertz CT molecular complexity index is 1560. The molecule has 1 saturated heterocycles. The molecule has 0 bridgehead atoms. The molecule has 3 heterocycles. The average molecular weight is 556 g/mol. The molecular weight excluding hydrogens is 531 g/mol. The van der Waals surface area contributed by atoms with E-state index in [0.29, 0.717) is 28.9 Å². The Morgan fingerprint density at radius 2 is 1.95 bits per heavy atom. The zero-order valence-corrected chi connectivity index (χ0v) is 21.1. The van der Waals surface area contributed by atoms with E-state index in [4.69, 9.17) is 9.47 Å². The van der Waals surface area contributed by atoms with Crippen LogP contribution in [0.1, 0.15) is 17.7 Å². The van der Waals surface area contributed by atoms with E-state index in [-0.39, 0.29) is 24.5 Å². The molecule has 5 rings (SSSR count). The molecule has 13 heteroatoms. The molecule has 0 spiro atoms. The molecule has 4 aromatic rings. The number of halogens is 3. The van der Waals surface area contributed by atoms with E-state index in [0.717, 1.165) is 12.1 Å². The van der Waals surface area contributed by atoms with Gasteiger partial charge in [-0.25, -0.2) is 14.8 Å². The molecule has 1 amide bonds. The lowest BCUT2D eigenvalue weighted by Gasteiger charge is -2.21. The number of amides is 1. The lowest BCUT2D eigenvalue weighted by molar-refractivity contribution is -0.146. The first-order chi connectivity index (χ1) is 19.1. The van der Waals surface area contributed by atoms with Crippen molar-refractivity contribution < 1.29 is 37.3 Å². The number of aliphatic hydroxyl groups is 1. The normalized spacial score (nSPS) is 17.6. The first kappa shape index (κ1) is 27.1. The van der Waals surface area contributed by atoms with Crippen molar-refractivity contribution >= 4 is 28.6 Å². The maximum Gasteiger partial charge on any atom is 0.416 e. The number of alkyl halides is 3. The number of β-amino-alcohol motifs (C(OH)–C–C–N with tert-alkyl or cyclic N) is 1. The van der Waals surface area contributed by atoms with Gasteiger partial charge in [-0.1, -0.05) is 6.07 Å². The van der Waals surface area contributed by atoms with Crippen LogP contribution in [0, 0.1) is 0 Å². The Kier molecular flexibility index (Phi) is 7.41. The van der Waals surface area contributed by atoms with Crippen LogP contribution in [0.2, 0.25) is 0 Å². The molecule has 10 nitrogen and oxygen atoms in total. The summed E-state index contributed by atoms with van der Waals surface area (Å²) in [5.41, 5.74) is 0.245. The van der Waals surface area contributed by atoms with Crippen LogP contribution < -0.4 is 10.1 Å². The van der Waals surface area contributed by atoms with Crippen LogP contribution in [-0.2, 0) is 22.3 Å². The maximum absolute atomic E-state index is 13.0. The van der Waals surface area contributed by atoms with Crippen LogP contribution in [0.25, 0.3) is 10.9 Å². The van der Waals surface area contributed by atoms with Crippen LogP contribution in [0.15, 0.2) is 67.1 Å². The van der Waals surface area contributed by atoms with Crippen molar-refractivity contribution in [1.82, 2.24) is 19.4 Å². The summed E-state index contributed by atoms with van der Waals surface area (Å²) in [5, 5.41) is 13.1. The number of benzene rings is 2. The Balaban J connectivity index is 1.28. The molecule has 2 N–H and O–H groups in total. The number of anilines is 1. The Morgan fingerprint density at radius 3 is 2.73 bits per heavy atom. The van der Waals surface area contributed by atoms with Crippen LogP contribution in [0.4, 0.5) is 23.7 Å². The first-order valence-electron chi connectivity index (χ1n) is 12.2. The summed E-state index contributed by atoms with van der Waals surface area (Å²) in [5.74, 6) is 0.253. The topological polar surface area (TPSA) is 119 Å². The van der Waals surface area contributed by atoms with Gasteiger partial charge in [0.1, 0.15) is 18.1 Å². The van der Waals surface area contributed by atoms with Gasteiger partial charge in [0.05, 0.1) is 30.0 Å². The summed E-state index contributed by atoms with van der Waals surface area (Å²) in [4.78, 5) is 35.0. The van der Waals surface area contributed by atoms with Gasteiger partial charge >= 0.3 is 18.2 Å². The third kappa shape index (κ3) is 5.90. The fourth-order valence-electron chi connectivity index (χ4n) is 4.60. The van der Waals surface area contributed by atoms with Gasteiger partial charge in [0.25, 0.3) is 0 Å². The SMILES string of the molecule is COC(=O)[C@@H]1C[C@@H](O)CN1Cc1cc(Oc2ccc3c(ccn3C(=O)Nc3cccc(C(F)(F)F)c3)c2)ncn1. The van der Waals surface area contributed by atoms with Crippen molar-refractivity contribution in [1.29, 1.82) is 0 Å². The molecule has 40 heavy (non-hydrogen) atoms. The molecule has 2 aromatic heterocycles. The highest BCUT2D eigenvalue weighted by atomic mass is 19.4. The Morgan fingerprint density at radius 1 is 1.12 bits per heavy atom. The molecule has 1 aliphatic heterocycles. The second-order valence-electron chi connectivity index (χ2n) is 9.22. The lowest BCUT2D eigenvalue weighted by Crippen LogP contribution is -2.36. The summed E-state index contributed by atoms with van der Waals surface area (Å²) in [6.07, 6.45) is -2.06. The van der Waals surface area contributed by atoms with E-state index in [2.05, 4.69) is 15.3 Å². The van der Waals surface area contributed by atoms with Crippen LogP contribution in [-0.4, -0.2) is 62.3 Å². The Hall–Kier alpha value is -4.49. The number of likely N-dealkylation sites (tertiary alicyclic amines) is 1.